The summed E-state index contributed by atoms with van der Waals surface area (Å²) in [5.74, 6) is -2.38. The van der Waals surface area contributed by atoms with Gasteiger partial charge in [-0.15, -0.1) is 0 Å². The van der Waals surface area contributed by atoms with Crippen LogP contribution in [-0.2, 0) is 0 Å². The molecule has 2 heterocycles. The van der Waals surface area contributed by atoms with E-state index in [1.165, 1.54) is 4.90 Å². The fraction of sp³-hybridized carbons (Fsp3) is 0.917. The lowest BCUT2D eigenvalue weighted by atomic mass is 10.1. The average Bonchev–Trinajstić information content (AvgIpc) is 2.83. The van der Waals surface area contributed by atoms with Gasteiger partial charge in [0.1, 0.15) is 0 Å². The van der Waals surface area contributed by atoms with Gasteiger partial charge < -0.3 is 10.0 Å². The van der Waals surface area contributed by atoms with Crippen LogP contribution in [0.25, 0.3) is 0 Å². The third-order valence-electron chi connectivity index (χ3n) is 2.73. The van der Waals surface area contributed by atoms with E-state index >= 15 is 0 Å². The monoisotopic (exact) mass is 266 g/mol. The Bertz CT molecular complexity index is 236. The number of halogens is 2. The summed E-state index contributed by atoms with van der Waals surface area (Å²) in [6, 6.07) is 0. The van der Waals surface area contributed by atoms with Crippen LogP contribution in [0.4, 0.5) is 13.6 Å². The van der Waals surface area contributed by atoms with Crippen LogP contribution in [0.5, 0.6) is 0 Å². The summed E-state index contributed by atoms with van der Waals surface area (Å²) in [5, 5.41) is 8.34. The summed E-state index contributed by atoms with van der Waals surface area (Å²) in [6.07, 6.45) is 1.29. The normalized spacial score (nSPS) is 21.1. The molecule has 0 aromatic carbocycles. The maximum Gasteiger partial charge on any atom is 0.407 e. The Morgan fingerprint density at radius 1 is 1.22 bits per heavy atom. The van der Waals surface area contributed by atoms with E-state index in [2.05, 4.69) is 0 Å². The summed E-state index contributed by atoms with van der Waals surface area (Å²) >= 11 is 0. The molecule has 0 unspecified atom stereocenters. The van der Waals surface area contributed by atoms with Gasteiger partial charge in [-0.1, -0.05) is 20.8 Å². The molecule has 1 N–H and O–H groups in total. The summed E-state index contributed by atoms with van der Waals surface area (Å²) in [7, 11) is 0. The van der Waals surface area contributed by atoms with E-state index in [9.17, 15) is 13.6 Å². The molecule has 2 aliphatic rings. The Balaban J connectivity index is 0.000000283. The first-order valence-corrected chi connectivity index (χ1v) is 6.52. The number of hydrogen-bond acceptors (Lipinski definition) is 2. The van der Waals surface area contributed by atoms with Gasteiger partial charge in [0.05, 0.1) is 13.1 Å². The summed E-state index contributed by atoms with van der Waals surface area (Å²) in [4.78, 5) is 13.3. The molecule has 6 heteroatoms. The number of nitrogens with zero attached hydrogens (tertiary/aromatic N) is 2. The molecule has 0 atom stereocenters. The first kappa shape index (κ1) is 17.1. The second kappa shape index (κ2) is 8.24. The summed E-state index contributed by atoms with van der Waals surface area (Å²) in [5.41, 5.74) is 0. The molecule has 0 bridgehead atoms. The molecule has 4 nitrogen and oxygen atoms in total. The number of rotatable bonds is 1. The highest BCUT2D eigenvalue weighted by Gasteiger charge is 2.42. The Morgan fingerprint density at radius 2 is 1.67 bits per heavy atom. The van der Waals surface area contributed by atoms with Crippen molar-refractivity contribution in [1.29, 1.82) is 0 Å². The van der Waals surface area contributed by atoms with Crippen LogP contribution in [0, 0.1) is 0 Å². The van der Waals surface area contributed by atoms with Crippen molar-refractivity contribution in [2.75, 3.05) is 32.7 Å². The van der Waals surface area contributed by atoms with Crippen molar-refractivity contribution in [2.45, 2.75) is 39.5 Å². The lowest BCUT2D eigenvalue weighted by molar-refractivity contribution is -0.128. The Kier molecular flexibility index (Phi) is 7.82. The number of carboxylic acid groups (broad SMARTS) is 1. The molecule has 0 saturated carbocycles. The highest BCUT2D eigenvalue weighted by molar-refractivity contribution is 5.65. The standard InChI is InChI=1S/C5H9F2N.C5H9NO2.C2H6/c1-2-8-3-5(6,7)4-8;7-5(8)6-3-1-2-4-6;1-2/h2-4H2,1H3;1-4H2,(H,7,8);1-2H3. The lowest BCUT2D eigenvalue weighted by Crippen LogP contribution is -2.55. The zero-order valence-corrected chi connectivity index (χ0v) is 11.5. The van der Waals surface area contributed by atoms with E-state index in [0.717, 1.165) is 32.5 Å². The largest absolute Gasteiger partial charge is 0.465 e. The Labute approximate surface area is 108 Å². The number of alkyl halides is 2. The summed E-state index contributed by atoms with van der Waals surface area (Å²) < 4.78 is 23.9. The van der Waals surface area contributed by atoms with Gasteiger partial charge in [0.15, 0.2) is 0 Å². The topological polar surface area (TPSA) is 43.8 Å². The molecule has 2 rings (SSSR count). The summed E-state index contributed by atoms with van der Waals surface area (Å²) in [6.45, 7) is 8.02. The molecule has 0 spiro atoms. The number of carbonyl (C=O) groups is 1. The van der Waals surface area contributed by atoms with Gasteiger partial charge in [0, 0.05) is 13.1 Å². The number of amides is 1. The van der Waals surface area contributed by atoms with Crippen LogP contribution in [0.1, 0.15) is 33.6 Å². The van der Waals surface area contributed by atoms with Crippen LogP contribution < -0.4 is 0 Å². The molecular formula is C12H24F2N2O2. The molecule has 2 saturated heterocycles. The van der Waals surface area contributed by atoms with E-state index in [0.29, 0.717) is 0 Å². The maximum atomic E-state index is 11.9. The molecular weight excluding hydrogens is 242 g/mol. The highest BCUT2D eigenvalue weighted by atomic mass is 19.3. The number of likely N-dealkylation sites (tertiary alicyclic amines) is 2. The second-order valence-electron chi connectivity index (χ2n) is 4.14. The molecule has 18 heavy (non-hydrogen) atoms. The third-order valence-corrected chi connectivity index (χ3v) is 2.73. The molecule has 0 aliphatic carbocycles. The first-order valence-electron chi connectivity index (χ1n) is 6.52. The first-order chi connectivity index (χ1) is 8.44. The maximum absolute atomic E-state index is 11.9. The third kappa shape index (κ3) is 6.14. The predicted molar refractivity (Wildman–Crippen MR) is 67.2 cm³/mol. The fourth-order valence-electron chi connectivity index (χ4n) is 1.74. The van der Waals surface area contributed by atoms with E-state index in [4.69, 9.17) is 5.11 Å². The average molecular weight is 266 g/mol. The highest BCUT2D eigenvalue weighted by Crippen LogP contribution is 2.25. The molecule has 0 radical (unpaired) electrons. The van der Waals surface area contributed by atoms with Crippen molar-refractivity contribution in [1.82, 2.24) is 9.80 Å². The van der Waals surface area contributed by atoms with Crippen molar-refractivity contribution in [3.8, 4) is 0 Å². The van der Waals surface area contributed by atoms with Gasteiger partial charge in [-0.05, 0) is 19.4 Å². The molecule has 0 aromatic rings. The van der Waals surface area contributed by atoms with Crippen molar-refractivity contribution in [2.24, 2.45) is 0 Å². The van der Waals surface area contributed by atoms with Crippen LogP contribution in [0.2, 0.25) is 0 Å². The van der Waals surface area contributed by atoms with Gasteiger partial charge in [-0.3, -0.25) is 4.90 Å². The van der Waals surface area contributed by atoms with Gasteiger partial charge in [0.2, 0.25) is 0 Å². The van der Waals surface area contributed by atoms with E-state index in [1.54, 1.807) is 4.90 Å². The fourth-order valence-corrected chi connectivity index (χ4v) is 1.74. The SMILES string of the molecule is CC.CCN1CC(F)(F)C1.O=C(O)N1CCCC1. The minimum absolute atomic E-state index is 0.0382. The van der Waals surface area contributed by atoms with Crippen molar-refractivity contribution in [3.05, 3.63) is 0 Å². The zero-order chi connectivity index (χ0) is 14.2. The van der Waals surface area contributed by atoms with Gasteiger partial charge >= 0.3 is 6.09 Å². The van der Waals surface area contributed by atoms with Crippen molar-refractivity contribution in [3.63, 3.8) is 0 Å². The second-order valence-corrected chi connectivity index (χ2v) is 4.14. The Hall–Kier alpha value is -0.910. The molecule has 2 aliphatic heterocycles. The molecule has 1 amide bonds. The lowest BCUT2D eigenvalue weighted by Gasteiger charge is -2.37. The van der Waals surface area contributed by atoms with E-state index in [-0.39, 0.29) is 13.1 Å². The molecule has 0 aromatic heterocycles. The van der Waals surface area contributed by atoms with Crippen molar-refractivity contribution < 1.29 is 18.7 Å². The molecule has 108 valence electrons. The zero-order valence-electron chi connectivity index (χ0n) is 11.5. The number of hydrogen-bond donors (Lipinski definition) is 1. The van der Waals surface area contributed by atoms with Crippen LogP contribution >= 0.6 is 0 Å². The van der Waals surface area contributed by atoms with Crippen LogP contribution in [0.15, 0.2) is 0 Å². The quantitative estimate of drug-likeness (QED) is 0.793. The minimum atomic E-state index is -2.38. The predicted octanol–water partition coefficient (Wildman–Crippen LogP) is 2.74. The minimum Gasteiger partial charge on any atom is -0.465 e. The van der Waals surface area contributed by atoms with Gasteiger partial charge in [-0.25, -0.2) is 13.6 Å². The van der Waals surface area contributed by atoms with E-state index in [1.807, 2.05) is 20.8 Å². The van der Waals surface area contributed by atoms with Crippen molar-refractivity contribution >= 4 is 6.09 Å². The smallest absolute Gasteiger partial charge is 0.407 e. The van der Waals surface area contributed by atoms with Gasteiger partial charge in [0.25, 0.3) is 5.92 Å². The Morgan fingerprint density at radius 3 is 1.83 bits per heavy atom. The van der Waals surface area contributed by atoms with E-state index < -0.39 is 12.0 Å². The van der Waals surface area contributed by atoms with Crippen LogP contribution in [0.3, 0.4) is 0 Å². The van der Waals surface area contributed by atoms with Crippen LogP contribution in [-0.4, -0.2) is 59.6 Å². The molecule has 2 fully saturated rings. The van der Waals surface area contributed by atoms with Gasteiger partial charge in [-0.2, -0.15) is 0 Å².